The average Bonchev–Trinajstić information content (AvgIpc) is 2.70. The Morgan fingerprint density at radius 1 is 0.969 bits per heavy atom. The Kier molecular flexibility index (Phi) is 9.58. The number of amides is 2. The van der Waals surface area contributed by atoms with Gasteiger partial charge in [-0.05, 0) is 84.4 Å². The van der Waals surface area contributed by atoms with E-state index >= 15 is 0 Å². The minimum atomic E-state index is -0.662. The van der Waals surface area contributed by atoms with Gasteiger partial charge < -0.3 is 9.47 Å². The van der Waals surface area contributed by atoms with Crippen molar-refractivity contribution in [2.24, 2.45) is 5.41 Å². The highest BCUT2D eigenvalue weighted by atomic mass is 79.9. The Labute approximate surface area is 206 Å². The number of carbonyl (C=O) groups is 2. The average molecular weight is 570 g/mol. The van der Waals surface area contributed by atoms with Crippen LogP contribution in [0.5, 0.6) is 11.5 Å². The molecule has 0 heterocycles. The van der Waals surface area contributed by atoms with Gasteiger partial charge in [-0.25, -0.2) is 0 Å². The monoisotopic (exact) mass is 568 g/mol. The van der Waals surface area contributed by atoms with E-state index in [-0.39, 0.29) is 12.5 Å². The van der Waals surface area contributed by atoms with Crippen LogP contribution >= 0.6 is 31.9 Å². The molecule has 0 aliphatic carbocycles. The second-order valence-electron chi connectivity index (χ2n) is 8.43. The van der Waals surface area contributed by atoms with Gasteiger partial charge in [-0.1, -0.05) is 41.9 Å². The van der Waals surface area contributed by atoms with E-state index in [9.17, 15) is 9.59 Å². The molecule has 174 valence electrons. The van der Waals surface area contributed by atoms with Gasteiger partial charge in [0.1, 0.15) is 11.5 Å². The molecule has 8 heteroatoms. The molecule has 0 saturated heterocycles. The van der Waals surface area contributed by atoms with Crippen LogP contribution in [0.1, 0.15) is 43.4 Å². The largest absolute Gasteiger partial charge is 0.493 e. The molecule has 0 unspecified atom stereocenters. The summed E-state index contributed by atoms with van der Waals surface area (Å²) in [6.45, 7) is 9.90. The number of aryl methyl sites for hydroxylation is 3. The molecule has 2 rings (SSSR count). The number of ether oxygens (including phenoxy) is 2. The highest BCUT2D eigenvalue weighted by Crippen LogP contribution is 2.32. The third-order valence-electron chi connectivity index (χ3n) is 5.02. The minimum absolute atomic E-state index is 0.217. The second-order valence-corrected chi connectivity index (χ2v) is 10.2. The Hall–Kier alpha value is -2.06. The van der Waals surface area contributed by atoms with Gasteiger partial charge in [0.05, 0.1) is 11.1 Å². The molecule has 0 spiro atoms. The Bertz CT molecular complexity index is 953. The molecule has 0 atom stereocenters. The molecule has 6 nitrogen and oxygen atoms in total. The van der Waals surface area contributed by atoms with Crippen molar-refractivity contribution >= 4 is 43.7 Å². The zero-order valence-electron chi connectivity index (χ0n) is 19.1. The van der Waals surface area contributed by atoms with Crippen molar-refractivity contribution in [2.75, 3.05) is 13.2 Å². The fraction of sp³-hybridized carbons (Fsp3) is 0.417. The minimum Gasteiger partial charge on any atom is -0.493 e. The van der Waals surface area contributed by atoms with Crippen molar-refractivity contribution in [1.29, 1.82) is 0 Å². The van der Waals surface area contributed by atoms with Crippen molar-refractivity contribution in [2.45, 2.75) is 47.5 Å². The van der Waals surface area contributed by atoms with Gasteiger partial charge in [-0.2, -0.15) is 0 Å². The smallest absolute Gasteiger partial charge is 0.276 e. The van der Waals surface area contributed by atoms with E-state index in [4.69, 9.17) is 9.47 Å². The molecule has 32 heavy (non-hydrogen) atoms. The van der Waals surface area contributed by atoms with Crippen LogP contribution in [0, 0.1) is 26.2 Å². The molecule has 0 saturated carbocycles. The lowest BCUT2D eigenvalue weighted by atomic mass is 9.87. The van der Waals surface area contributed by atoms with Crippen LogP contribution in [0.15, 0.2) is 39.3 Å². The fourth-order valence-electron chi connectivity index (χ4n) is 3.01. The van der Waals surface area contributed by atoms with Crippen molar-refractivity contribution in [3.8, 4) is 11.5 Å². The third-order valence-corrected chi connectivity index (χ3v) is 6.07. The SMILES string of the molecule is Cc1ccc(C)c(OCCCC(C)(C)C(=O)NNC(=O)COc2c(C)cc(Br)cc2Br)c1. The maximum atomic E-state index is 12.5. The first-order valence-corrected chi connectivity index (χ1v) is 12.0. The Balaban J connectivity index is 1.75. The van der Waals surface area contributed by atoms with E-state index in [0.717, 1.165) is 31.4 Å². The number of hydrazine groups is 1. The zero-order chi connectivity index (χ0) is 23.9. The van der Waals surface area contributed by atoms with Crippen molar-refractivity contribution < 1.29 is 19.1 Å². The number of benzene rings is 2. The van der Waals surface area contributed by atoms with E-state index in [1.807, 2.05) is 65.0 Å². The van der Waals surface area contributed by atoms with Gasteiger partial charge in [-0.3, -0.25) is 20.4 Å². The van der Waals surface area contributed by atoms with Crippen molar-refractivity contribution in [3.05, 3.63) is 56.0 Å². The number of nitrogens with one attached hydrogen (secondary N) is 2. The van der Waals surface area contributed by atoms with E-state index in [1.165, 1.54) is 0 Å². The quantitative estimate of drug-likeness (QED) is 0.307. The lowest BCUT2D eigenvalue weighted by Gasteiger charge is -2.23. The predicted octanol–water partition coefficient (Wildman–Crippen LogP) is 5.55. The summed E-state index contributed by atoms with van der Waals surface area (Å²) in [4.78, 5) is 24.7. The summed E-state index contributed by atoms with van der Waals surface area (Å²) >= 11 is 6.83. The molecule has 0 radical (unpaired) electrons. The molecular formula is C24H30Br2N2O4. The molecule has 2 aromatic carbocycles. The highest BCUT2D eigenvalue weighted by molar-refractivity contribution is 9.11. The van der Waals surface area contributed by atoms with Gasteiger partial charge in [0, 0.05) is 9.89 Å². The van der Waals surface area contributed by atoms with Crippen LogP contribution in [-0.4, -0.2) is 25.0 Å². The molecule has 0 fully saturated rings. The zero-order valence-corrected chi connectivity index (χ0v) is 22.3. The van der Waals surface area contributed by atoms with Crippen LogP contribution in [0.2, 0.25) is 0 Å². The number of carbonyl (C=O) groups excluding carboxylic acids is 2. The lowest BCUT2D eigenvalue weighted by Crippen LogP contribution is -2.49. The molecule has 0 aliphatic heterocycles. The molecule has 2 aromatic rings. The summed E-state index contributed by atoms with van der Waals surface area (Å²) in [6, 6.07) is 9.83. The summed E-state index contributed by atoms with van der Waals surface area (Å²) < 4.78 is 13.1. The number of hydrogen-bond donors (Lipinski definition) is 2. The maximum absolute atomic E-state index is 12.5. The summed E-state index contributed by atoms with van der Waals surface area (Å²) in [5.74, 6) is 0.742. The van der Waals surface area contributed by atoms with Crippen molar-refractivity contribution in [1.82, 2.24) is 10.9 Å². The highest BCUT2D eigenvalue weighted by Gasteiger charge is 2.27. The predicted molar refractivity (Wildman–Crippen MR) is 133 cm³/mol. The summed E-state index contributed by atoms with van der Waals surface area (Å²) in [5, 5.41) is 0. The number of rotatable bonds is 9. The molecule has 0 aromatic heterocycles. The molecule has 0 aliphatic rings. The van der Waals surface area contributed by atoms with E-state index in [1.54, 1.807) is 0 Å². The van der Waals surface area contributed by atoms with Crippen LogP contribution < -0.4 is 20.3 Å². The van der Waals surface area contributed by atoms with Gasteiger partial charge in [-0.15, -0.1) is 0 Å². The Morgan fingerprint density at radius 3 is 2.38 bits per heavy atom. The number of halogens is 2. The lowest BCUT2D eigenvalue weighted by molar-refractivity contribution is -0.135. The topological polar surface area (TPSA) is 76.7 Å². The van der Waals surface area contributed by atoms with Crippen LogP contribution in [0.3, 0.4) is 0 Å². The van der Waals surface area contributed by atoms with E-state index in [2.05, 4.69) is 42.7 Å². The molecule has 0 bridgehead atoms. The van der Waals surface area contributed by atoms with Crippen LogP contribution in [-0.2, 0) is 9.59 Å². The van der Waals surface area contributed by atoms with Gasteiger partial charge in [0.2, 0.25) is 5.91 Å². The first-order valence-electron chi connectivity index (χ1n) is 10.4. The van der Waals surface area contributed by atoms with Crippen LogP contribution in [0.4, 0.5) is 0 Å². The maximum Gasteiger partial charge on any atom is 0.276 e. The molecule has 2 N–H and O–H groups in total. The van der Waals surface area contributed by atoms with Crippen molar-refractivity contribution in [3.63, 3.8) is 0 Å². The summed E-state index contributed by atoms with van der Waals surface area (Å²) in [6.07, 6.45) is 1.32. The fourth-order valence-corrected chi connectivity index (χ4v) is 4.57. The van der Waals surface area contributed by atoms with E-state index < -0.39 is 11.3 Å². The van der Waals surface area contributed by atoms with Crippen LogP contribution in [0.25, 0.3) is 0 Å². The standard InChI is InChI=1S/C24H30Br2N2O4/c1-15-7-8-16(2)20(11-15)31-10-6-9-24(4,5)23(30)28-27-21(29)14-32-22-17(3)12-18(25)13-19(22)26/h7-8,11-13H,6,9-10,14H2,1-5H3,(H,27,29)(H,28,30). The van der Waals surface area contributed by atoms with Gasteiger partial charge in [0.15, 0.2) is 6.61 Å². The van der Waals surface area contributed by atoms with Gasteiger partial charge >= 0.3 is 0 Å². The normalized spacial score (nSPS) is 11.1. The second kappa shape index (κ2) is 11.7. The summed E-state index contributed by atoms with van der Waals surface area (Å²) in [5.41, 5.74) is 7.37. The number of hydrogen-bond acceptors (Lipinski definition) is 4. The molecular weight excluding hydrogens is 540 g/mol. The summed E-state index contributed by atoms with van der Waals surface area (Å²) in [7, 11) is 0. The third kappa shape index (κ3) is 7.81. The first kappa shape index (κ1) is 26.2. The first-order chi connectivity index (χ1) is 15.0. The molecule has 2 amide bonds. The van der Waals surface area contributed by atoms with Gasteiger partial charge in [0.25, 0.3) is 5.91 Å². The van der Waals surface area contributed by atoms with E-state index in [0.29, 0.717) is 25.2 Å². The Morgan fingerprint density at radius 2 is 1.69 bits per heavy atom.